The Morgan fingerprint density at radius 1 is 1.00 bits per heavy atom. The molecule has 1 heterocycles. The third-order valence-electron chi connectivity index (χ3n) is 4.02. The molecule has 0 fully saturated rings. The predicted molar refractivity (Wildman–Crippen MR) is 89.7 cm³/mol. The Labute approximate surface area is 127 Å². The molecule has 0 N–H and O–H groups in total. The summed E-state index contributed by atoms with van der Waals surface area (Å²) in [6.07, 6.45) is 2.25. The van der Waals surface area contributed by atoms with E-state index in [4.69, 9.17) is 0 Å². The van der Waals surface area contributed by atoms with Gasteiger partial charge in [0.25, 0.3) is 0 Å². The summed E-state index contributed by atoms with van der Waals surface area (Å²) >= 11 is 0. The normalized spacial score (nSPS) is 14.1. The van der Waals surface area contributed by atoms with Gasteiger partial charge in [-0.25, -0.2) is 0 Å². The molecule has 108 valence electrons. The van der Waals surface area contributed by atoms with E-state index in [9.17, 15) is 0 Å². The molecule has 3 rings (SSSR count). The molecule has 0 aromatic heterocycles. The third kappa shape index (κ3) is 2.71. The van der Waals surface area contributed by atoms with Crippen molar-refractivity contribution in [1.82, 2.24) is 0 Å². The van der Waals surface area contributed by atoms with Gasteiger partial charge in [-0.05, 0) is 57.0 Å². The molecule has 0 saturated carbocycles. The lowest BCUT2D eigenvalue weighted by Gasteiger charge is -2.25. The van der Waals surface area contributed by atoms with Crippen molar-refractivity contribution in [1.29, 1.82) is 0 Å². The minimum absolute atomic E-state index is 0.492. The molecule has 0 bridgehead atoms. The lowest BCUT2D eigenvalue weighted by Crippen LogP contribution is -2.33. The van der Waals surface area contributed by atoms with Gasteiger partial charge in [0, 0.05) is 5.56 Å². The molecule has 1 aliphatic rings. The molecule has 0 atom stereocenters. The highest BCUT2D eigenvalue weighted by atomic mass is 15.2. The summed E-state index contributed by atoms with van der Waals surface area (Å²) in [5.74, 6) is 0. The Morgan fingerprint density at radius 2 is 1.67 bits per heavy atom. The van der Waals surface area contributed by atoms with Crippen molar-refractivity contribution >= 4 is 17.7 Å². The largest absolute Gasteiger partial charge is 0.261 e. The summed E-state index contributed by atoms with van der Waals surface area (Å²) in [5.41, 5.74) is 6.52. The second-order valence-electron chi connectivity index (χ2n) is 6.23. The highest BCUT2D eigenvalue weighted by Gasteiger charge is 2.26. The van der Waals surface area contributed by atoms with Crippen LogP contribution < -0.4 is 4.90 Å². The SMILES string of the molecule is Cc1cc(C)cc(N2C=[N+](C(C)C)Cc3ccccc32)c1. The van der Waals surface area contributed by atoms with Crippen molar-refractivity contribution in [2.45, 2.75) is 40.3 Å². The lowest BCUT2D eigenvalue weighted by molar-refractivity contribution is -0.571. The quantitative estimate of drug-likeness (QED) is 0.738. The second kappa shape index (κ2) is 5.36. The van der Waals surface area contributed by atoms with Crippen LogP contribution in [0.5, 0.6) is 0 Å². The van der Waals surface area contributed by atoms with Crippen molar-refractivity contribution in [3.8, 4) is 0 Å². The van der Waals surface area contributed by atoms with Crippen molar-refractivity contribution in [3.63, 3.8) is 0 Å². The molecule has 0 aliphatic carbocycles. The number of rotatable bonds is 2. The zero-order chi connectivity index (χ0) is 15.0. The number of nitrogens with zero attached hydrogens (tertiary/aromatic N) is 2. The van der Waals surface area contributed by atoms with Gasteiger partial charge in [0.1, 0.15) is 17.9 Å². The minimum Gasteiger partial charge on any atom is -0.261 e. The Balaban J connectivity index is 2.15. The smallest absolute Gasteiger partial charge is 0.245 e. The van der Waals surface area contributed by atoms with Gasteiger partial charge in [-0.1, -0.05) is 24.3 Å². The molecule has 0 radical (unpaired) electrons. The first-order valence-corrected chi connectivity index (χ1v) is 7.61. The van der Waals surface area contributed by atoms with E-state index in [0.29, 0.717) is 6.04 Å². The molecule has 0 unspecified atom stereocenters. The number of fused-ring (bicyclic) bond motifs is 1. The molecule has 0 amide bonds. The fourth-order valence-corrected chi connectivity index (χ4v) is 2.94. The minimum atomic E-state index is 0.492. The maximum atomic E-state index is 2.39. The summed E-state index contributed by atoms with van der Waals surface area (Å²) in [6.45, 7) is 9.78. The molecule has 0 spiro atoms. The highest BCUT2D eigenvalue weighted by Crippen LogP contribution is 2.31. The first-order valence-electron chi connectivity index (χ1n) is 7.61. The average molecular weight is 279 g/mol. The average Bonchev–Trinajstić information content (AvgIpc) is 2.45. The van der Waals surface area contributed by atoms with Gasteiger partial charge >= 0.3 is 0 Å². The number of hydrogen-bond acceptors (Lipinski definition) is 1. The van der Waals surface area contributed by atoms with Crippen LogP contribution in [-0.4, -0.2) is 17.0 Å². The van der Waals surface area contributed by atoms with E-state index in [1.165, 1.54) is 28.1 Å². The first kappa shape index (κ1) is 13.9. The molecule has 2 aromatic rings. The number of anilines is 2. The van der Waals surface area contributed by atoms with Gasteiger partial charge in [0.15, 0.2) is 0 Å². The van der Waals surface area contributed by atoms with Gasteiger partial charge in [-0.2, -0.15) is 4.90 Å². The number of benzene rings is 2. The van der Waals surface area contributed by atoms with Gasteiger partial charge in [-0.15, -0.1) is 0 Å². The van der Waals surface area contributed by atoms with Crippen LogP contribution in [0.4, 0.5) is 11.4 Å². The van der Waals surface area contributed by atoms with Crippen LogP contribution in [0.25, 0.3) is 0 Å². The van der Waals surface area contributed by atoms with Crippen LogP contribution in [-0.2, 0) is 6.54 Å². The summed E-state index contributed by atoms with van der Waals surface area (Å²) in [6, 6.07) is 15.9. The van der Waals surface area contributed by atoms with E-state index in [-0.39, 0.29) is 0 Å². The predicted octanol–water partition coefficient (Wildman–Crippen LogP) is 4.40. The van der Waals surface area contributed by atoms with Gasteiger partial charge in [0.05, 0.1) is 6.04 Å². The number of para-hydroxylation sites is 1. The van der Waals surface area contributed by atoms with E-state index >= 15 is 0 Å². The monoisotopic (exact) mass is 279 g/mol. The molecule has 0 saturated heterocycles. The fraction of sp³-hybridized carbons (Fsp3) is 0.316. The van der Waals surface area contributed by atoms with Crippen LogP contribution in [0, 0.1) is 13.8 Å². The van der Waals surface area contributed by atoms with E-state index < -0.39 is 0 Å². The van der Waals surface area contributed by atoms with Crippen LogP contribution >= 0.6 is 0 Å². The first-order chi connectivity index (χ1) is 10.0. The summed E-state index contributed by atoms with van der Waals surface area (Å²) in [4.78, 5) is 2.32. The summed E-state index contributed by atoms with van der Waals surface area (Å²) in [7, 11) is 0. The van der Waals surface area contributed by atoms with E-state index in [2.05, 4.69) is 86.0 Å². The van der Waals surface area contributed by atoms with Crippen molar-refractivity contribution < 1.29 is 4.58 Å². The molecule has 21 heavy (non-hydrogen) atoms. The topological polar surface area (TPSA) is 6.25 Å². The Bertz CT molecular complexity index is 678. The zero-order valence-electron chi connectivity index (χ0n) is 13.3. The van der Waals surface area contributed by atoms with Crippen LogP contribution in [0.3, 0.4) is 0 Å². The van der Waals surface area contributed by atoms with E-state index in [0.717, 1.165) is 6.54 Å². The Kier molecular flexibility index (Phi) is 3.54. The molecule has 2 heteroatoms. The fourth-order valence-electron chi connectivity index (χ4n) is 2.94. The van der Waals surface area contributed by atoms with Crippen LogP contribution in [0.2, 0.25) is 0 Å². The number of aryl methyl sites for hydroxylation is 2. The second-order valence-corrected chi connectivity index (χ2v) is 6.23. The van der Waals surface area contributed by atoms with Crippen LogP contribution in [0.15, 0.2) is 42.5 Å². The van der Waals surface area contributed by atoms with Crippen LogP contribution in [0.1, 0.15) is 30.5 Å². The lowest BCUT2D eigenvalue weighted by atomic mass is 10.1. The highest BCUT2D eigenvalue weighted by molar-refractivity contribution is 5.89. The summed E-state index contributed by atoms with van der Waals surface area (Å²) < 4.78 is 2.39. The zero-order valence-corrected chi connectivity index (χ0v) is 13.3. The van der Waals surface area contributed by atoms with Crippen molar-refractivity contribution in [3.05, 3.63) is 59.2 Å². The summed E-state index contributed by atoms with van der Waals surface area (Å²) in [5, 5.41) is 0. The molecule has 2 aromatic carbocycles. The third-order valence-corrected chi connectivity index (χ3v) is 4.02. The van der Waals surface area contributed by atoms with E-state index in [1.54, 1.807) is 0 Å². The molecule has 2 nitrogen and oxygen atoms in total. The van der Waals surface area contributed by atoms with E-state index in [1.807, 2.05) is 0 Å². The maximum absolute atomic E-state index is 2.39. The van der Waals surface area contributed by atoms with Gasteiger partial charge < -0.3 is 0 Å². The molecular weight excluding hydrogens is 256 g/mol. The van der Waals surface area contributed by atoms with Crippen molar-refractivity contribution in [2.75, 3.05) is 4.90 Å². The van der Waals surface area contributed by atoms with Crippen molar-refractivity contribution in [2.24, 2.45) is 0 Å². The Morgan fingerprint density at radius 3 is 2.33 bits per heavy atom. The molecule has 1 aliphatic heterocycles. The van der Waals surface area contributed by atoms with Gasteiger partial charge in [-0.3, -0.25) is 4.58 Å². The standard InChI is InChI=1S/C19H23N2/c1-14(2)20-12-17-7-5-6-8-19(17)21(13-20)18-10-15(3)9-16(4)11-18/h5-11,13-14H,12H2,1-4H3/q+1. The molecular formula is C19H23N2+. The Hall–Kier alpha value is -2.09. The van der Waals surface area contributed by atoms with Gasteiger partial charge in [0.2, 0.25) is 6.34 Å². The maximum Gasteiger partial charge on any atom is 0.245 e. The number of hydrogen-bond donors (Lipinski definition) is 0.